The zero-order valence-electron chi connectivity index (χ0n) is 11.8. The molecule has 3 aromatic rings. The van der Waals surface area contributed by atoms with Crippen LogP contribution in [0, 0.1) is 0 Å². The highest BCUT2D eigenvalue weighted by Crippen LogP contribution is 2.35. The van der Waals surface area contributed by atoms with Gasteiger partial charge in [-0.05, 0) is 42.8 Å². The minimum Gasteiger partial charge on any atom is -0.373 e. The van der Waals surface area contributed by atoms with Crippen molar-refractivity contribution in [3.8, 4) is 11.4 Å². The van der Waals surface area contributed by atoms with E-state index in [1.165, 1.54) is 6.42 Å². The van der Waals surface area contributed by atoms with Gasteiger partial charge >= 0.3 is 0 Å². The number of rotatable bonds is 3. The lowest BCUT2D eigenvalue weighted by molar-refractivity contribution is 0.102. The summed E-state index contributed by atoms with van der Waals surface area (Å²) in [6, 6.07) is 6.32. The fourth-order valence-corrected chi connectivity index (χ4v) is 4.05. The Kier molecular flexibility index (Phi) is 2.71. The molecule has 2 aliphatic heterocycles. The Labute approximate surface area is 131 Å². The predicted octanol–water partition coefficient (Wildman–Crippen LogP) is 2.58. The van der Waals surface area contributed by atoms with E-state index in [2.05, 4.69) is 26.0 Å². The van der Waals surface area contributed by atoms with Gasteiger partial charge in [-0.3, -0.25) is 0 Å². The lowest BCUT2D eigenvalue weighted by atomic mass is 9.95. The van der Waals surface area contributed by atoms with Crippen molar-refractivity contribution in [3.05, 3.63) is 29.0 Å². The smallest absolute Gasteiger partial charge is 0.186 e. The maximum atomic E-state index is 5.89. The quantitative estimate of drug-likeness (QED) is 0.805. The molecule has 1 N–H and O–H groups in total. The second kappa shape index (κ2) is 4.76. The van der Waals surface area contributed by atoms with Gasteiger partial charge in [0.25, 0.3) is 0 Å². The molecule has 3 aromatic heterocycles. The van der Waals surface area contributed by atoms with Crippen LogP contribution in [0.3, 0.4) is 0 Å². The van der Waals surface area contributed by atoms with Crippen molar-refractivity contribution in [1.29, 1.82) is 0 Å². The molecule has 0 spiro atoms. The second-order valence-electron chi connectivity index (χ2n) is 5.88. The second-order valence-corrected chi connectivity index (χ2v) is 6.66. The molecule has 3 atom stereocenters. The Morgan fingerprint density at radius 3 is 3.00 bits per heavy atom. The van der Waals surface area contributed by atoms with Crippen molar-refractivity contribution in [2.24, 2.45) is 0 Å². The first kappa shape index (κ1) is 12.5. The van der Waals surface area contributed by atoms with Crippen molar-refractivity contribution in [1.82, 2.24) is 19.8 Å². The summed E-state index contributed by atoms with van der Waals surface area (Å²) in [6.45, 7) is 0. The first-order valence-electron chi connectivity index (χ1n) is 7.54. The van der Waals surface area contributed by atoms with Gasteiger partial charge in [-0.25, -0.2) is 0 Å². The number of anilines is 1. The number of aromatic nitrogens is 4. The zero-order valence-corrected chi connectivity index (χ0v) is 12.7. The molecule has 2 unspecified atom stereocenters. The number of hydrogen-bond acceptors (Lipinski definition) is 6. The van der Waals surface area contributed by atoms with Crippen LogP contribution in [-0.4, -0.2) is 38.1 Å². The van der Waals surface area contributed by atoms with Gasteiger partial charge in [0.15, 0.2) is 11.5 Å². The number of hydrogen-bond donors (Lipinski definition) is 1. The summed E-state index contributed by atoms with van der Waals surface area (Å²) in [7, 11) is 0. The summed E-state index contributed by atoms with van der Waals surface area (Å²) in [4.78, 5) is 0. The summed E-state index contributed by atoms with van der Waals surface area (Å²) in [5.41, 5.74) is 1.81. The average molecular weight is 313 g/mol. The van der Waals surface area contributed by atoms with Gasteiger partial charge in [-0.1, -0.05) is 0 Å². The molecule has 6 nitrogen and oxygen atoms in total. The minimum absolute atomic E-state index is 0.333. The van der Waals surface area contributed by atoms with Crippen LogP contribution in [-0.2, 0) is 4.74 Å². The first-order valence-corrected chi connectivity index (χ1v) is 8.48. The number of ether oxygens (including phenoxy) is 1. The molecule has 2 bridgehead atoms. The highest BCUT2D eigenvalue weighted by molar-refractivity contribution is 7.08. The van der Waals surface area contributed by atoms with Gasteiger partial charge in [-0.15, -0.1) is 15.3 Å². The lowest BCUT2D eigenvalue weighted by Crippen LogP contribution is -2.31. The molecule has 0 radical (unpaired) electrons. The van der Waals surface area contributed by atoms with Crippen molar-refractivity contribution < 1.29 is 4.74 Å². The van der Waals surface area contributed by atoms with Crippen LogP contribution in [0.15, 0.2) is 29.0 Å². The fraction of sp³-hybridized carbons (Fsp3) is 0.400. The minimum atomic E-state index is 0.333. The highest BCUT2D eigenvalue weighted by Gasteiger charge is 2.40. The fourth-order valence-electron chi connectivity index (χ4n) is 3.42. The molecule has 5 rings (SSSR count). The molecule has 2 aliphatic rings. The van der Waals surface area contributed by atoms with E-state index in [9.17, 15) is 0 Å². The number of fused-ring (bicyclic) bond motifs is 3. The van der Waals surface area contributed by atoms with E-state index in [-0.39, 0.29) is 0 Å². The Hall–Kier alpha value is -1.99. The van der Waals surface area contributed by atoms with Gasteiger partial charge in [0.2, 0.25) is 0 Å². The highest BCUT2D eigenvalue weighted by atomic mass is 32.1. The van der Waals surface area contributed by atoms with E-state index in [0.717, 1.165) is 35.7 Å². The van der Waals surface area contributed by atoms with E-state index in [4.69, 9.17) is 4.74 Å². The summed E-state index contributed by atoms with van der Waals surface area (Å²) in [5, 5.41) is 20.7. The third-order valence-corrected chi connectivity index (χ3v) is 5.16. The monoisotopic (exact) mass is 313 g/mol. The lowest BCUT2D eigenvalue weighted by Gasteiger charge is -2.20. The summed E-state index contributed by atoms with van der Waals surface area (Å²) in [6.07, 6.45) is 4.19. The maximum absolute atomic E-state index is 5.89. The molecule has 7 heteroatoms. The molecule has 112 valence electrons. The summed E-state index contributed by atoms with van der Waals surface area (Å²) < 4.78 is 7.70. The molecule has 2 fully saturated rings. The van der Waals surface area contributed by atoms with Crippen LogP contribution < -0.4 is 5.32 Å². The summed E-state index contributed by atoms with van der Waals surface area (Å²) >= 11 is 1.64. The van der Waals surface area contributed by atoms with Crippen LogP contribution in [0.2, 0.25) is 0 Å². The van der Waals surface area contributed by atoms with E-state index < -0.39 is 0 Å². The Bertz CT molecular complexity index is 815. The van der Waals surface area contributed by atoms with Crippen LogP contribution in [0.1, 0.15) is 19.3 Å². The topological polar surface area (TPSA) is 64.3 Å². The number of nitrogens with one attached hydrogen (secondary N) is 1. The van der Waals surface area contributed by atoms with E-state index in [1.807, 2.05) is 23.6 Å². The third kappa shape index (κ3) is 1.93. The Morgan fingerprint density at radius 1 is 1.23 bits per heavy atom. The van der Waals surface area contributed by atoms with E-state index >= 15 is 0 Å². The Morgan fingerprint density at radius 2 is 2.23 bits per heavy atom. The van der Waals surface area contributed by atoms with Crippen LogP contribution in [0.5, 0.6) is 0 Å². The first-order chi connectivity index (χ1) is 10.9. The van der Waals surface area contributed by atoms with Gasteiger partial charge in [0.1, 0.15) is 5.82 Å². The largest absolute Gasteiger partial charge is 0.373 e. The summed E-state index contributed by atoms with van der Waals surface area (Å²) in [5.74, 6) is 1.63. The van der Waals surface area contributed by atoms with Gasteiger partial charge < -0.3 is 10.1 Å². The van der Waals surface area contributed by atoms with E-state index in [1.54, 1.807) is 15.9 Å². The number of nitrogens with zero attached hydrogens (tertiary/aromatic N) is 4. The maximum Gasteiger partial charge on any atom is 0.186 e. The van der Waals surface area contributed by atoms with Gasteiger partial charge in [-0.2, -0.15) is 15.9 Å². The standard InChI is InChI=1S/C15H15N5OS/c1-2-12-11(7-10(1)21-12)16-13-3-4-14-17-18-15(20(14)19-13)9-5-6-22-8-9/h3-6,8,10-12H,1-2,7H2,(H,16,19)/t10?,11-,12?/m0/s1. The molecular formula is C15H15N5OS. The van der Waals surface area contributed by atoms with Crippen molar-refractivity contribution in [3.63, 3.8) is 0 Å². The molecule has 5 heterocycles. The normalized spacial score (nSPS) is 26.8. The SMILES string of the molecule is c1cc(-c2nnc3ccc(N[C@H]4CC5CCC4O5)nn23)cs1. The third-order valence-electron chi connectivity index (χ3n) is 4.48. The van der Waals surface area contributed by atoms with Gasteiger partial charge in [0.05, 0.1) is 18.2 Å². The van der Waals surface area contributed by atoms with E-state index in [0.29, 0.717) is 18.2 Å². The molecule has 0 aliphatic carbocycles. The van der Waals surface area contributed by atoms with Crippen molar-refractivity contribution >= 4 is 22.8 Å². The predicted molar refractivity (Wildman–Crippen MR) is 84.0 cm³/mol. The number of thiophene rings is 1. The molecule has 0 saturated carbocycles. The molecular weight excluding hydrogens is 298 g/mol. The molecule has 22 heavy (non-hydrogen) atoms. The Balaban J connectivity index is 1.49. The van der Waals surface area contributed by atoms with Crippen LogP contribution in [0.25, 0.3) is 17.0 Å². The van der Waals surface area contributed by atoms with Crippen LogP contribution in [0.4, 0.5) is 5.82 Å². The zero-order chi connectivity index (χ0) is 14.5. The molecule has 0 aromatic carbocycles. The van der Waals surface area contributed by atoms with Crippen molar-refractivity contribution in [2.45, 2.75) is 37.5 Å². The van der Waals surface area contributed by atoms with Gasteiger partial charge in [0, 0.05) is 10.9 Å². The molecule has 2 saturated heterocycles. The van der Waals surface area contributed by atoms with Crippen molar-refractivity contribution in [2.75, 3.05) is 5.32 Å². The van der Waals surface area contributed by atoms with Crippen LogP contribution >= 0.6 is 11.3 Å². The molecule has 0 amide bonds. The average Bonchev–Trinajstić information content (AvgIpc) is 3.30.